The number of aryl methyl sites for hydroxylation is 1. The molecule has 2 saturated heterocycles. The van der Waals surface area contributed by atoms with Crippen LogP contribution < -0.4 is 5.32 Å². The molecule has 118 valence electrons. The number of nitrogens with one attached hydrogen (secondary N) is 1. The third kappa shape index (κ3) is 3.61. The number of fused-ring (bicyclic) bond motifs is 1. The van der Waals surface area contributed by atoms with Crippen LogP contribution >= 0.6 is 11.6 Å². The molecule has 0 radical (unpaired) electrons. The average Bonchev–Trinajstić information content (AvgIpc) is 2.88. The summed E-state index contributed by atoms with van der Waals surface area (Å²) in [5, 5.41) is 3.74. The molecular weight excluding hydrogens is 300 g/mol. The van der Waals surface area contributed by atoms with E-state index in [0.717, 1.165) is 37.4 Å². The summed E-state index contributed by atoms with van der Waals surface area (Å²) < 4.78 is 0. The molecule has 2 aliphatic heterocycles. The summed E-state index contributed by atoms with van der Waals surface area (Å²) in [6, 6.07) is 8.06. The Kier molecular flexibility index (Phi) is 4.67. The first kappa shape index (κ1) is 15.3. The lowest BCUT2D eigenvalue weighted by atomic mass is 9.93. The number of nitrogens with zero attached hydrogens (tertiary/aromatic N) is 1. The highest BCUT2D eigenvalue weighted by Gasteiger charge is 2.37. The topological polar surface area (TPSA) is 49.4 Å². The van der Waals surface area contributed by atoms with Gasteiger partial charge in [-0.15, -0.1) is 0 Å². The van der Waals surface area contributed by atoms with E-state index in [2.05, 4.69) is 5.32 Å². The fraction of sp³-hybridized carbons (Fsp3) is 0.529. The molecule has 0 saturated carbocycles. The molecule has 1 aromatic rings. The third-order valence-corrected chi connectivity index (χ3v) is 4.90. The quantitative estimate of drug-likeness (QED) is 0.926. The first-order valence-electron chi connectivity index (χ1n) is 7.93. The highest BCUT2D eigenvalue weighted by atomic mass is 35.5. The van der Waals surface area contributed by atoms with Gasteiger partial charge >= 0.3 is 0 Å². The van der Waals surface area contributed by atoms with Crippen LogP contribution in [-0.2, 0) is 16.0 Å². The van der Waals surface area contributed by atoms with Gasteiger partial charge in [0.2, 0.25) is 11.8 Å². The Bertz CT molecular complexity index is 558. The van der Waals surface area contributed by atoms with Crippen molar-refractivity contribution in [2.24, 2.45) is 5.92 Å². The molecule has 2 atom stereocenters. The largest absolute Gasteiger partial charge is 0.353 e. The molecule has 1 aromatic carbocycles. The van der Waals surface area contributed by atoms with Crippen molar-refractivity contribution in [2.75, 3.05) is 13.1 Å². The first-order valence-corrected chi connectivity index (χ1v) is 8.31. The van der Waals surface area contributed by atoms with Gasteiger partial charge in [0.15, 0.2) is 0 Å². The van der Waals surface area contributed by atoms with E-state index in [0.29, 0.717) is 18.8 Å². The van der Waals surface area contributed by atoms with E-state index >= 15 is 0 Å². The van der Waals surface area contributed by atoms with Crippen LogP contribution in [0, 0.1) is 5.92 Å². The molecule has 0 aromatic heterocycles. The summed E-state index contributed by atoms with van der Waals surface area (Å²) in [6.45, 7) is 1.49. The molecule has 3 rings (SSSR count). The van der Waals surface area contributed by atoms with Gasteiger partial charge in [0.1, 0.15) is 0 Å². The lowest BCUT2D eigenvalue weighted by Crippen LogP contribution is -2.47. The second-order valence-electron chi connectivity index (χ2n) is 6.25. The molecule has 2 fully saturated rings. The second-order valence-corrected chi connectivity index (χ2v) is 6.68. The van der Waals surface area contributed by atoms with Gasteiger partial charge in [-0.1, -0.05) is 23.7 Å². The van der Waals surface area contributed by atoms with Gasteiger partial charge in [0, 0.05) is 42.9 Å². The van der Waals surface area contributed by atoms with E-state index in [4.69, 9.17) is 11.6 Å². The molecule has 2 amide bonds. The summed E-state index contributed by atoms with van der Waals surface area (Å²) in [6.07, 6.45) is 3.77. The van der Waals surface area contributed by atoms with Gasteiger partial charge in [-0.3, -0.25) is 9.59 Å². The number of amides is 2. The predicted octanol–water partition coefficient (Wildman–Crippen LogP) is 2.40. The van der Waals surface area contributed by atoms with E-state index in [9.17, 15) is 9.59 Å². The van der Waals surface area contributed by atoms with Crippen molar-refractivity contribution in [2.45, 2.75) is 38.1 Å². The van der Waals surface area contributed by atoms with Crippen molar-refractivity contribution >= 4 is 23.4 Å². The molecule has 2 aliphatic rings. The SMILES string of the molecule is O=C1C[C@@H]2CN(C(=O)CCCc3ccc(Cl)cc3)CC[C@@H]2N1. The van der Waals surface area contributed by atoms with E-state index in [1.54, 1.807) is 0 Å². The van der Waals surface area contributed by atoms with Gasteiger partial charge in [0.05, 0.1) is 0 Å². The van der Waals surface area contributed by atoms with E-state index in [1.165, 1.54) is 5.56 Å². The highest BCUT2D eigenvalue weighted by molar-refractivity contribution is 6.30. The van der Waals surface area contributed by atoms with E-state index < -0.39 is 0 Å². The third-order valence-electron chi connectivity index (χ3n) is 4.65. The van der Waals surface area contributed by atoms with Crippen molar-refractivity contribution in [3.63, 3.8) is 0 Å². The van der Waals surface area contributed by atoms with E-state index in [-0.39, 0.29) is 17.9 Å². The maximum atomic E-state index is 12.3. The predicted molar refractivity (Wildman–Crippen MR) is 85.6 cm³/mol. The van der Waals surface area contributed by atoms with Crippen molar-refractivity contribution in [1.29, 1.82) is 0 Å². The molecule has 2 heterocycles. The summed E-state index contributed by atoms with van der Waals surface area (Å²) in [7, 11) is 0. The van der Waals surface area contributed by atoms with Crippen LogP contribution in [0.5, 0.6) is 0 Å². The highest BCUT2D eigenvalue weighted by Crippen LogP contribution is 2.25. The number of halogens is 1. The van der Waals surface area contributed by atoms with Gasteiger partial charge < -0.3 is 10.2 Å². The first-order chi connectivity index (χ1) is 10.6. The van der Waals surface area contributed by atoms with Crippen LogP contribution in [-0.4, -0.2) is 35.8 Å². The van der Waals surface area contributed by atoms with Crippen molar-refractivity contribution in [3.05, 3.63) is 34.9 Å². The zero-order valence-electron chi connectivity index (χ0n) is 12.6. The zero-order chi connectivity index (χ0) is 15.5. The van der Waals surface area contributed by atoms with Gasteiger partial charge in [-0.25, -0.2) is 0 Å². The van der Waals surface area contributed by atoms with Crippen molar-refractivity contribution in [1.82, 2.24) is 10.2 Å². The monoisotopic (exact) mass is 320 g/mol. The van der Waals surface area contributed by atoms with Crippen LogP contribution in [0.25, 0.3) is 0 Å². The fourth-order valence-corrected chi connectivity index (χ4v) is 3.54. The van der Waals surface area contributed by atoms with Crippen LogP contribution in [0.15, 0.2) is 24.3 Å². The van der Waals surface area contributed by atoms with Gasteiger partial charge in [0.25, 0.3) is 0 Å². The number of piperidine rings is 1. The summed E-state index contributed by atoms with van der Waals surface area (Å²) in [4.78, 5) is 25.7. The maximum absolute atomic E-state index is 12.3. The van der Waals surface area contributed by atoms with E-state index in [1.807, 2.05) is 29.2 Å². The molecule has 1 N–H and O–H groups in total. The van der Waals surface area contributed by atoms with Gasteiger partial charge in [-0.2, -0.15) is 0 Å². The number of hydrogen-bond donors (Lipinski definition) is 1. The number of carbonyl (C=O) groups excluding carboxylic acids is 2. The summed E-state index contributed by atoms with van der Waals surface area (Å²) >= 11 is 5.86. The molecule has 4 nitrogen and oxygen atoms in total. The van der Waals surface area contributed by atoms with Gasteiger partial charge in [-0.05, 0) is 37.0 Å². The zero-order valence-corrected chi connectivity index (χ0v) is 13.3. The maximum Gasteiger partial charge on any atom is 0.222 e. The Morgan fingerprint density at radius 1 is 1.32 bits per heavy atom. The number of benzene rings is 1. The normalized spacial score (nSPS) is 24.0. The minimum atomic E-state index is 0.132. The molecule has 22 heavy (non-hydrogen) atoms. The minimum absolute atomic E-state index is 0.132. The van der Waals surface area contributed by atoms with Crippen LogP contribution in [0.1, 0.15) is 31.2 Å². The molecule has 0 aliphatic carbocycles. The number of hydrogen-bond acceptors (Lipinski definition) is 2. The second kappa shape index (κ2) is 6.69. The fourth-order valence-electron chi connectivity index (χ4n) is 3.41. The lowest BCUT2D eigenvalue weighted by molar-refractivity contribution is -0.133. The Balaban J connectivity index is 1.44. The summed E-state index contributed by atoms with van der Waals surface area (Å²) in [5.41, 5.74) is 1.21. The molecule has 0 spiro atoms. The van der Waals surface area contributed by atoms with Crippen molar-refractivity contribution < 1.29 is 9.59 Å². The Hall–Kier alpha value is -1.55. The molecule has 5 heteroatoms. The number of likely N-dealkylation sites (tertiary alicyclic amines) is 1. The Morgan fingerprint density at radius 2 is 2.09 bits per heavy atom. The van der Waals surface area contributed by atoms with Crippen molar-refractivity contribution in [3.8, 4) is 0 Å². The minimum Gasteiger partial charge on any atom is -0.353 e. The van der Waals surface area contributed by atoms with Crippen LogP contribution in [0.3, 0.4) is 0 Å². The Morgan fingerprint density at radius 3 is 2.86 bits per heavy atom. The standard InChI is InChI=1S/C17H21ClN2O2/c18-14-6-4-12(5-7-14)2-1-3-17(22)20-9-8-15-13(11-20)10-16(21)19-15/h4-7,13,15H,1-3,8-11H2,(H,19,21)/t13-,15+/m1/s1. The Labute approximate surface area is 135 Å². The molecule has 0 unspecified atom stereocenters. The number of rotatable bonds is 4. The average molecular weight is 321 g/mol. The molecular formula is C17H21ClN2O2. The lowest BCUT2D eigenvalue weighted by Gasteiger charge is -2.34. The molecule has 0 bridgehead atoms. The van der Waals surface area contributed by atoms with Crippen LogP contribution in [0.4, 0.5) is 0 Å². The summed E-state index contributed by atoms with van der Waals surface area (Å²) in [5.74, 6) is 0.653. The van der Waals surface area contributed by atoms with Crippen LogP contribution in [0.2, 0.25) is 5.02 Å². The smallest absolute Gasteiger partial charge is 0.222 e. The number of carbonyl (C=O) groups is 2.